The van der Waals surface area contributed by atoms with Gasteiger partial charge in [0, 0.05) is 25.7 Å². The molecule has 10 nitrogen and oxygen atoms in total. The lowest BCUT2D eigenvalue weighted by molar-refractivity contribution is -0.152. The minimum atomic E-state index is -4.00. The van der Waals surface area contributed by atoms with Crippen LogP contribution in [0.3, 0.4) is 0 Å². The third-order valence-corrected chi connectivity index (χ3v) is 5.83. The molecule has 0 aromatic heterocycles. The summed E-state index contributed by atoms with van der Waals surface area (Å²) in [4.78, 5) is 36.5. The molecule has 0 radical (unpaired) electrons. The average Bonchev–Trinajstić information content (AvgIpc) is 2.72. The molecule has 0 heterocycles. The summed E-state index contributed by atoms with van der Waals surface area (Å²) in [6, 6.07) is 9.04. The molecule has 0 aliphatic heterocycles. The number of amides is 1. The molecular formula is C19H22N4O6S. The predicted octanol–water partition coefficient (Wildman–Crippen LogP) is 0.709. The maximum Gasteiger partial charge on any atom is 0.321 e. The van der Waals surface area contributed by atoms with Gasteiger partial charge in [-0.2, -0.15) is 14.8 Å². The van der Waals surface area contributed by atoms with Gasteiger partial charge in [-0.05, 0) is 19.1 Å². The van der Waals surface area contributed by atoms with E-state index in [0.717, 1.165) is 4.31 Å². The normalized spacial score (nSPS) is 10.7. The van der Waals surface area contributed by atoms with E-state index in [1.807, 2.05) is 12.1 Å². The second-order valence-electron chi connectivity index (χ2n) is 6.20. The molecule has 1 rings (SSSR count). The van der Waals surface area contributed by atoms with E-state index >= 15 is 0 Å². The Labute approximate surface area is 175 Å². The Kier molecular flexibility index (Phi) is 9.62. The maximum atomic E-state index is 12.5. The molecule has 30 heavy (non-hydrogen) atoms. The summed E-state index contributed by atoms with van der Waals surface area (Å²) < 4.78 is 30.7. The monoisotopic (exact) mass is 434 g/mol. The molecule has 0 saturated carbocycles. The van der Waals surface area contributed by atoms with Crippen LogP contribution in [-0.4, -0.2) is 68.6 Å². The molecule has 160 valence electrons. The van der Waals surface area contributed by atoms with E-state index in [1.54, 1.807) is 0 Å². The van der Waals surface area contributed by atoms with Crippen LogP contribution in [0.25, 0.3) is 0 Å². The first kappa shape index (κ1) is 24.8. The number of ether oxygens (including phenoxy) is 1. The lowest BCUT2D eigenvalue weighted by Crippen LogP contribution is -2.38. The quantitative estimate of drug-likeness (QED) is 0.365. The second-order valence-corrected chi connectivity index (χ2v) is 8.24. The van der Waals surface area contributed by atoms with Gasteiger partial charge in [-0.25, -0.2) is 8.42 Å². The predicted molar refractivity (Wildman–Crippen MR) is 104 cm³/mol. The van der Waals surface area contributed by atoms with Crippen LogP contribution in [0.1, 0.15) is 30.1 Å². The summed E-state index contributed by atoms with van der Waals surface area (Å²) in [5.74, 6) is -1.73. The first-order valence-electron chi connectivity index (χ1n) is 8.88. The number of sulfonamides is 1. The van der Waals surface area contributed by atoms with Crippen molar-refractivity contribution in [1.29, 1.82) is 10.5 Å². The number of Topliss-reactive ketones (excluding diaryl/α,β-unsaturated/α-hetero) is 1. The first-order chi connectivity index (χ1) is 14.1. The fourth-order valence-electron chi connectivity index (χ4n) is 2.32. The smallest absolute Gasteiger partial charge is 0.321 e. The Hall–Kier alpha value is -3.28. The van der Waals surface area contributed by atoms with E-state index in [1.165, 1.54) is 43.1 Å². The van der Waals surface area contributed by atoms with Gasteiger partial charge in [0.15, 0.2) is 12.4 Å². The lowest BCUT2D eigenvalue weighted by atomic mass is 10.2. The topological polar surface area (TPSA) is 149 Å². The van der Waals surface area contributed by atoms with E-state index in [-0.39, 0.29) is 36.6 Å². The van der Waals surface area contributed by atoms with Crippen LogP contribution in [-0.2, 0) is 24.3 Å². The number of hydrogen-bond donors (Lipinski definition) is 0. The minimum Gasteiger partial charge on any atom is -0.455 e. The molecule has 0 unspecified atom stereocenters. The van der Waals surface area contributed by atoms with Crippen molar-refractivity contribution in [2.24, 2.45) is 0 Å². The van der Waals surface area contributed by atoms with Crippen LogP contribution in [0.5, 0.6) is 0 Å². The molecule has 0 fully saturated rings. The number of nitriles is 2. The van der Waals surface area contributed by atoms with Gasteiger partial charge in [0.2, 0.25) is 10.0 Å². The highest BCUT2D eigenvalue weighted by Crippen LogP contribution is 2.15. The molecule has 0 aliphatic rings. The molecule has 0 aliphatic carbocycles. The number of esters is 1. The van der Waals surface area contributed by atoms with Crippen molar-refractivity contribution in [3.63, 3.8) is 0 Å². The van der Waals surface area contributed by atoms with E-state index in [4.69, 9.17) is 15.3 Å². The lowest BCUT2D eigenvalue weighted by Gasteiger charge is -2.21. The highest BCUT2D eigenvalue weighted by molar-refractivity contribution is 7.89. The van der Waals surface area contributed by atoms with E-state index in [0.29, 0.717) is 5.56 Å². The number of carbonyl (C=O) groups is 3. The third-order valence-electron chi connectivity index (χ3n) is 4.02. The summed E-state index contributed by atoms with van der Waals surface area (Å²) in [5, 5.41) is 17.3. The summed E-state index contributed by atoms with van der Waals surface area (Å²) in [6.45, 7) is 0.296. The minimum absolute atomic E-state index is 0.0640. The summed E-state index contributed by atoms with van der Waals surface area (Å²) in [6.07, 6.45) is 0.128. The summed E-state index contributed by atoms with van der Waals surface area (Å²) in [7, 11) is -2.82. The van der Waals surface area contributed by atoms with Crippen molar-refractivity contribution < 1.29 is 27.5 Å². The van der Waals surface area contributed by atoms with Crippen molar-refractivity contribution in [1.82, 2.24) is 9.21 Å². The number of rotatable bonds is 11. The summed E-state index contributed by atoms with van der Waals surface area (Å²) >= 11 is 0. The van der Waals surface area contributed by atoms with Gasteiger partial charge in [-0.3, -0.25) is 14.4 Å². The van der Waals surface area contributed by atoms with Crippen molar-refractivity contribution in [3.8, 4) is 12.1 Å². The fraction of sp³-hybridized carbons (Fsp3) is 0.421. The Bertz CT molecular complexity index is 942. The number of carbonyl (C=O) groups excluding carboxylic acids is 3. The number of likely N-dealkylation sites (N-methyl/N-ethyl adjacent to an activating group) is 1. The molecular weight excluding hydrogens is 412 g/mol. The Morgan fingerprint density at radius 3 is 2.03 bits per heavy atom. The SMILES string of the molecule is CC(=O)c1ccc(S(=O)(=O)N(C)CC(=O)OCC(=O)N(CCC#N)CCC#N)cc1. The Morgan fingerprint density at radius 1 is 1.03 bits per heavy atom. The fourth-order valence-corrected chi connectivity index (χ4v) is 3.43. The van der Waals surface area contributed by atoms with Gasteiger partial charge in [-0.1, -0.05) is 12.1 Å². The standard InChI is InChI=1S/C19H22N4O6S/c1-15(24)16-5-7-17(8-6-16)30(27,28)22(2)13-19(26)29-14-18(25)23(11-3-9-20)12-4-10-21/h5-8H,3-4,11-14H2,1-2H3. The number of benzene rings is 1. The molecule has 0 saturated heterocycles. The first-order valence-corrected chi connectivity index (χ1v) is 10.3. The third kappa shape index (κ3) is 7.28. The molecule has 0 N–H and O–H groups in total. The molecule has 1 aromatic rings. The van der Waals surface area contributed by atoms with E-state index in [9.17, 15) is 22.8 Å². The molecule has 0 bridgehead atoms. The van der Waals surface area contributed by atoms with Crippen LogP contribution in [0.2, 0.25) is 0 Å². The zero-order valence-corrected chi connectivity index (χ0v) is 17.5. The van der Waals surface area contributed by atoms with E-state index in [2.05, 4.69) is 0 Å². The maximum absolute atomic E-state index is 12.5. The molecule has 1 aromatic carbocycles. The Balaban J connectivity index is 2.68. The second kappa shape index (κ2) is 11.7. The van der Waals surface area contributed by atoms with Crippen molar-refractivity contribution in [3.05, 3.63) is 29.8 Å². The number of nitrogens with zero attached hydrogens (tertiary/aromatic N) is 4. The van der Waals surface area contributed by atoms with Crippen molar-refractivity contribution >= 4 is 27.7 Å². The molecule has 0 spiro atoms. The largest absolute Gasteiger partial charge is 0.455 e. The number of hydrogen-bond acceptors (Lipinski definition) is 8. The highest BCUT2D eigenvalue weighted by Gasteiger charge is 2.24. The van der Waals surface area contributed by atoms with Crippen LogP contribution in [0.4, 0.5) is 0 Å². The Morgan fingerprint density at radius 2 is 1.57 bits per heavy atom. The molecule has 11 heteroatoms. The van der Waals surface area contributed by atoms with E-state index < -0.39 is 35.1 Å². The van der Waals surface area contributed by atoms with Gasteiger partial charge < -0.3 is 9.64 Å². The summed E-state index contributed by atoms with van der Waals surface area (Å²) in [5.41, 5.74) is 0.354. The van der Waals surface area contributed by atoms with Crippen LogP contribution in [0.15, 0.2) is 29.2 Å². The number of ketones is 1. The van der Waals surface area contributed by atoms with Crippen molar-refractivity contribution in [2.75, 3.05) is 33.3 Å². The average molecular weight is 434 g/mol. The van der Waals surface area contributed by atoms with Gasteiger partial charge >= 0.3 is 5.97 Å². The van der Waals surface area contributed by atoms with Crippen LogP contribution < -0.4 is 0 Å². The zero-order chi connectivity index (χ0) is 22.7. The van der Waals surface area contributed by atoms with Gasteiger partial charge in [0.25, 0.3) is 5.91 Å². The molecule has 1 amide bonds. The van der Waals surface area contributed by atoms with Gasteiger partial charge in [0.05, 0.1) is 29.9 Å². The molecule has 0 atom stereocenters. The van der Waals surface area contributed by atoms with Gasteiger partial charge in [0.1, 0.15) is 6.54 Å². The van der Waals surface area contributed by atoms with Crippen molar-refractivity contribution in [2.45, 2.75) is 24.7 Å². The van der Waals surface area contributed by atoms with Gasteiger partial charge in [-0.15, -0.1) is 0 Å². The van der Waals surface area contributed by atoms with Crippen LogP contribution in [0, 0.1) is 22.7 Å². The van der Waals surface area contributed by atoms with Crippen LogP contribution >= 0.6 is 0 Å². The zero-order valence-electron chi connectivity index (χ0n) is 16.7. The highest BCUT2D eigenvalue weighted by atomic mass is 32.2.